The van der Waals surface area contributed by atoms with Gasteiger partial charge in [0.2, 0.25) is 0 Å². The highest BCUT2D eigenvalue weighted by atomic mass is 16.3. The van der Waals surface area contributed by atoms with Crippen molar-refractivity contribution < 1.29 is 8.83 Å². The Balaban J connectivity index is 0.000000144. The van der Waals surface area contributed by atoms with Crippen LogP contribution in [0.15, 0.2) is 324 Å². The van der Waals surface area contributed by atoms with Crippen molar-refractivity contribution in [3.63, 3.8) is 0 Å². The lowest BCUT2D eigenvalue weighted by atomic mass is 9.88. The van der Waals surface area contributed by atoms with Crippen LogP contribution in [-0.2, 0) is 0 Å². The number of pyridine rings is 2. The van der Waals surface area contributed by atoms with Crippen molar-refractivity contribution in [2.45, 2.75) is 41.5 Å². The number of para-hydroxylation sites is 4. The van der Waals surface area contributed by atoms with Crippen LogP contribution in [0.25, 0.3) is 198 Å². The fourth-order valence-electron chi connectivity index (χ4n) is 16.9. The maximum Gasteiger partial charge on any atom is 0.143 e. The molecule has 0 saturated carbocycles. The van der Waals surface area contributed by atoms with Gasteiger partial charge in [0.25, 0.3) is 0 Å². The molecule has 0 bridgehead atoms. The van der Waals surface area contributed by atoms with Crippen LogP contribution in [0.3, 0.4) is 0 Å². The van der Waals surface area contributed by atoms with E-state index >= 15 is 0 Å². The summed E-state index contributed by atoms with van der Waals surface area (Å²) < 4.78 is 12.9. The molecule has 0 aliphatic heterocycles. The number of hydrogen-bond acceptors (Lipinski definition) is 4. The zero-order chi connectivity index (χ0) is 69.8. The van der Waals surface area contributed by atoms with Crippen molar-refractivity contribution in [2.24, 2.45) is 0 Å². The van der Waals surface area contributed by atoms with Crippen molar-refractivity contribution in [3.8, 4) is 89.3 Å². The Hall–Kier alpha value is -13.0. The molecule has 20 aromatic rings. The number of nitrogens with zero attached hydrogens (tertiary/aromatic N) is 2. The molecule has 4 heteroatoms. The van der Waals surface area contributed by atoms with Gasteiger partial charge in [-0.05, 0) is 225 Å². The van der Waals surface area contributed by atoms with Gasteiger partial charge in [0.05, 0.1) is 22.4 Å². The lowest BCUT2D eigenvalue weighted by Gasteiger charge is -2.17. The molecule has 16 aromatic carbocycles. The summed E-state index contributed by atoms with van der Waals surface area (Å²) in [4.78, 5) is 11.0. The minimum atomic E-state index is 0.904. The Bertz CT molecular complexity index is 6870. The van der Waals surface area contributed by atoms with Crippen molar-refractivity contribution in [1.82, 2.24) is 9.97 Å². The minimum Gasteiger partial charge on any atom is -0.455 e. The van der Waals surface area contributed by atoms with Gasteiger partial charge >= 0.3 is 0 Å². The quantitative estimate of drug-likeness (QED) is 0.142. The van der Waals surface area contributed by atoms with Crippen LogP contribution in [0, 0.1) is 41.5 Å². The first-order valence-corrected chi connectivity index (χ1v) is 35.9. The van der Waals surface area contributed by atoms with Gasteiger partial charge in [-0.25, -0.2) is 9.97 Å². The average Bonchev–Trinajstić information content (AvgIpc) is 0.789. The van der Waals surface area contributed by atoms with E-state index in [1.54, 1.807) is 0 Å². The predicted molar refractivity (Wildman–Crippen MR) is 440 cm³/mol. The number of aromatic nitrogens is 2. The van der Waals surface area contributed by atoms with Crippen molar-refractivity contribution in [3.05, 3.63) is 349 Å². The van der Waals surface area contributed by atoms with Crippen molar-refractivity contribution >= 4 is 109 Å². The van der Waals surface area contributed by atoms with E-state index in [0.717, 1.165) is 116 Å². The summed E-state index contributed by atoms with van der Waals surface area (Å²) in [5.41, 5.74) is 31.7. The SMILES string of the molecule is Cc1cc(C)c(-c2ccc3c(c2)c2ccc(-c4cccc(-c5cccc6c5oc5ccccc56)c4)nc2c2cc(-c4c(C)cc(C)cc4C)ccc32)c(C)c1.c1ccc(-c2ccc3c(c2)c2ccc(-c4cccc(-c5cccc6c5oc5ccccc56)c4)nc2c2cc(-c4ccccc4)ccc32)cc1. The molecule has 492 valence electrons. The summed E-state index contributed by atoms with van der Waals surface area (Å²) in [7, 11) is 0. The lowest BCUT2D eigenvalue weighted by molar-refractivity contribution is 0.669. The number of furan rings is 2. The van der Waals surface area contributed by atoms with E-state index in [2.05, 4.69) is 333 Å². The molecule has 0 spiro atoms. The highest BCUT2D eigenvalue weighted by Crippen LogP contribution is 2.45. The second-order valence-electron chi connectivity index (χ2n) is 28.2. The maximum absolute atomic E-state index is 6.45. The molecular weight excluding hydrogens is 1260 g/mol. The Labute approximate surface area is 603 Å². The molecule has 104 heavy (non-hydrogen) atoms. The molecule has 0 N–H and O–H groups in total. The van der Waals surface area contributed by atoms with Crippen molar-refractivity contribution in [1.29, 1.82) is 0 Å². The van der Waals surface area contributed by atoms with Crippen LogP contribution in [0.5, 0.6) is 0 Å². The topological polar surface area (TPSA) is 52.1 Å². The van der Waals surface area contributed by atoms with Crippen LogP contribution in [0.4, 0.5) is 0 Å². The second kappa shape index (κ2) is 24.9. The zero-order valence-corrected chi connectivity index (χ0v) is 58.7. The van der Waals surface area contributed by atoms with Crippen molar-refractivity contribution in [2.75, 3.05) is 0 Å². The van der Waals surface area contributed by atoms with E-state index in [-0.39, 0.29) is 0 Å². The third-order valence-electron chi connectivity index (χ3n) is 21.4. The Morgan fingerprint density at radius 1 is 0.202 bits per heavy atom. The molecule has 0 aliphatic carbocycles. The molecule has 20 rings (SSSR count). The second-order valence-corrected chi connectivity index (χ2v) is 28.2. The van der Waals surface area contributed by atoms with E-state index in [1.807, 2.05) is 24.3 Å². The van der Waals surface area contributed by atoms with E-state index in [9.17, 15) is 0 Å². The average molecular weight is 1330 g/mol. The monoisotopic (exact) mass is 1330 g/mol. The molecule has 0 unspecified atom stereocenters. The maximum atomic E-state index is 6.45. The van der Waals surface area contributed by atoms with Crippen LogP contribution in [0.1, 0.15) is 33.4 Å². The number of hydrogen-bond donors (Lipinski definition) is 0. The summed E-state index contributed by atoms with van der Waals surface area (Å²) in [6.07, 6.45) is 0. The number of benzene rings is 16. The fraction of sp³-hybridized carbons (Fsp3) is 0.0600. The summed E-state index contributed by atoms with van der Waals surface area (Å²) in [5, 5.41) is 16.5. The summed E-state index contributed by atoms with van der Waals surface area (Å²) in [6, 6.07) is 114. The number of rotatable bonds is 8. The van der Waals surface area contributed by atoms with Gasteiger partial charge in [-0.1, -0.05) is 254 Å². The molecule has 4 nitrogen and oxygen atoms in total. The van der Waals surface area contributed by atoms with Gasteiger partial charge in [0.1, 0.15) is 22.3 Å². The van der Waals surface area contributed by atoms with Gasteiger partial charge in [0.15, 0.2) is 0 Å². The largest absolute Gasteiger partial charge is 0.455 e. The predicted octanol–water partition coefficient (Wildman–Crippen LogP) is 28.1. The van der Waals surface area contributed by atoms with Gasteiger partial charge < -0.3 is 8.83 Å². The lowest BCUT2D eigenvalue weighted by Crippen LogP contribution is -1.94. The van der Waals surface area contributed by atoms with Gasteiger partial charge in [-0.15, -0.1) is 0 Å². The molecule has 0 amide bonds. The van der Waals surface area contributed by atoms with Gasteiger partial charge in [0, 0.05) is 65.3 Å². The molecule has 0 radical (unpaired) electrons. The molecule has 4 heterocycles. The number of aryl methyl sites for hydroxylation is 6. The van der Waals surface area contributed by atoms with E-state index in [1.165, 1.54) is 116 Å². The molecule has 0 fully saturated rings. The van der Waals surface area contributed by atoms with E-state index < -0.39 is 0 Å². The summed E-state index contributed by atoms with van der Waals surface area (Å²) >= 11 is 0. The standard InChI is InChI=1S/C53H41NO.C47H29NO/c1-30-23-32(3)50(33(4)24-30)38-17-19-41-42-20-18-39(51-34(5)25-31(2)26-35(51)6)29-47(42)52-44(46(41)28-38)21-22-48(54-52)37-12-9-11-36(27-37)40-14-10-15-45-43-13-7-8-16-49(43)55-53(40)45;1-3-11-30(12-4-1)32-21-23-37-38-24-22-33(31-13-5-2-6-14-31)29-43(38)46-40(42(37)28-32)25-26-44(48-46)35-16-9-15-34(27-35)36-18-10-19-41-39-17-7-8-20-45(39)49-47(36)41/h7-29H,1-6H3;1-29H. The third kappa shape index (κ3) is 10.6. The highest BCUT2D eigenvalue weighted by molar-refractivity contribution is 6.27. The molecule has 4 aromatic heterocycles. The van der Waals surface area contributed by atoms with Crippen LogP contribution < -0.4 is 0 Å². The summed E-state index contributed by atoms with van der Waals surface area (Å²) in [5.74, 6) is 0. The normalized spacial score (nSPS) is 11.8. The Morgan fingerprint density at radius 3 is 0.971 bits per heavy atom. The number of fused-ring (bicyclic) bond motifs is 18. The van der Waals surface area contributed by atoms with E-state index in [4.69, 9.17) is 18.8 Å². The first kappa shape index (κ1) is 62.0. The van der Waals surface area contributed by atoms with Crippen LogP contribution in [-0.4, -0.2) is 9.97 Å². The molecular formula is C100H70N2O2. The summed E-state index contributed by atoms with van der Waals surface area (Å²) in [6.45, 7) is 13.3. The van der Waals surface area contributed by atoms with E-state index in [0.29, 0.717) is 0 Å². The first-order valence-electron chi connectivity index (χ1n) is 35.9. The van der Waals surface area contributed by atoms with Crippen LogP contribution >= 0.6 is 0 Å². The molecule has 0 aliphatic rings. The minimum absolute atomic E-state index is 0.904. The fourth-order valence-corrected chi connectivity index (χ4v) is 16.9. The van der Waals surface area contributed by atoms with Crippen LogP contribution in [0.2, 0.25) is 0 Å². The Morgan fingerprint density at radius 2 is 0.529 bits per heavy atom. The highest BCUT2D eigenvalue weighted by Gasteiger charge is 2.21. The molecule has 0 saturated heterocycles. The smallest absolute Gasteiger partial charge is 0.143 e. The van der Waals surface area contributed by atoms with Gasteiger partial charge in [-0.2, -0.15) is 0 Å². The van der Waals surface area contributed by atoms with Gasteiger partial charge in [-0.3, -0.25) is 0 Å². The first-order chi connectivity index (χ1) is 51.0. The molecule has 0 atom stereocenters. The third-order valence-corrected chi connectivity index (χ3v) is 21.4. The zero-order valence-electron chi connectivity index (χ0n) is 58.7. The Kier molecular flexibility index (Phi) is 14.9.